The Morgan fingerprint density at radius 1 is 1.40 bits per heavy atom. The van der Waals surface area contributed by atoms with Gasteiger partial charge in [-0.15, -0.1) is 0 Å². The number of carbonyl (C=O) groups excluding carboxylic acids is 1. The van der Waals surface area contributed by atoms with Crippen molar-refractivity contribution in [2.75, 3.05) is 31.9 Å². The van der Waals surface area contributed by atoms with Crippen LogP contribution in [0.1, 0.15) is 33.1 Å². The van der Waals surface area contributed by atoms with Crippen LogP contribution in [-0.4, -0.2) is 46.3 Å². The minimum atomic E-state index is -3.17. The summed E-state index contributed by atoms with van der Waals surface area (Å²) in [6, 6.07) is 0. The molecule has 6 nitrogen and oxygen atoms in total. The van der Waals surface area contributed by atoms with E-state index in [0.29, 0.717) is 24.8 Å². The van der Waals surface area contributed by atoms with Crippen molar-refractivity contribution in [2.45, 2.75) is 33.1 Å². The van der Waals surface area contributed by atoms with Crippen LogP contribution in [0.4, 0.5) is 0 Å². The number of sulfonamides is 1. The summed E-state index contributed by atoms with van der Waals surface area (Å²) in [7, 11) is -3.17. The normalized spacial score (nSPS) is 21.4. The smallest absolute Gasteiger partial charge is 0.220 e. The van der Waals surface area contributed by atoms with Crippen molar-refractivity contribution in [3.63, 3.8) is 0 Å². The average Bonchev–Trinajstić information content (AvgIpc) is 2.44. The first-order valence-corrected chi connectivity index (χ1v) is 9.04. The molecule has 0 aromatic rings. The van der Waals surface area contributed by atoms with Gasteiger partial charge in [-0.25, -0.2) is 13.1 Å². The molecule has 1 fully saturated rings. The van der Waals surface area contributed by atoms with Crippen LogP contribution in [0.15, 0.2) is 0 Å². The first-order chi connectivity index (χ1) is 9.44. The van der Waals surface area contributed by atoms with Gasteiger partial charge in [0.2, 0.25) is 15.9 Å². The maximum absolute atomic E-state index is 11.8. The lowest BCUT2D eigenvalue weighted by Crippen LogP contribution is -2.38. The molecule has 0 bridgehead atoms. The van der Waals surface area contributed by atoms with E-state index in [1.165, 1.54) is 12.8 Å². The minimum absolute atomic E-state index is 0.00114. The number of carbonyl (C=O) groups is 1. The lowest BCUT2D eigenvalue weighted by Gasteiger charge is -2.28. The molecule has 1 rings (SSSR count). The van der Waals surface area contributed by atoms with E-state index in [-0.39, 0.29) is 18.2 Å². The van der Waals surface area contributed by atoms with E-state index in [0.717, 1.165) is 13.1 Å². The molecule has 1 aliphatic heterocycles. The Labute approximate surface area is 122 Å². The van der Waals surface area contributed by atoms with E-state index in [1.807, 2.05) is 0 Å². The van der Waals surface area contributed by atoms with Gasteiger partial charge in [0, 0.05) is 19.5 Å². The van der Waals surface area contributed by atoms with Gasteiger partial charge in [-0.2, -0.15) is 0 Å². The number of rotatable bonds is 8. The van der Waals surface area contributed by atoms with Crippen LogP contribution in [0.3, 0.4) is 0 Å². The van der Waals surface area contributed by atoms with E-state index < -0.39 is 10.0 Å². The molecule has 1 heterocycles. The third kappa shape index (κ3) is 6.67. The Bertz CT molecular complexity index is 392. The fraction of sp³-hybridized carbons (Fsp3) is 0.923. The Morgan fingerprint density at radius 2 is 2.15 bits per heavy atom. The summed E-state index contributed by atoms with van der Waals surface area (Å²) in [6.45, 7) is 6.35. The van der Waals surface area contributed by atoms with Gasteiger partial charge in [0.25, 0.3) is 0 Å². The van der Waals surface area contributed by atoms with Gasteiger partial charge in [-0.3, -0.25) is 4.79 Å². The third-order valence-electron chi connectivity index (χ3n) is 3.80. The van der Waals surface area contributed by atoms with Crippen LogP contribution >= 0.6 is 0 Å². The van der Waals surface area contributed by atoms with Gasteiger partial charge >= 0.3 is 0 Å². The molecule has 7 heteroatoms. The Hall–Kier alpha value is -0.660. The molecule has 0 spiro atoms. The summed E-state index contributed by atoms with van der Waals surface area (Å²) >= 11 is 0. The highest BCUT2D eigenvalue weighted by atomic mass is 32.2. The number of nitrogens with one attached hydrogen (secondary N) is 3. The second-order valence-corrected chi connectivity index (χ2v) is 7.53. The zero-order valence-corrected chi connectivity index (χ0v) is 13.3. The number of hydrogen-bond donors (Lipinski definition) is 3. The average molecular weight is 305 g/mol. The standard InChI is InChI=1S/C13H27N3O3S/c1-3-20(18,19)16-8-7-15-13(17)9-11(2)12-5-4-6-14-10-12/h11-12,14,16H,3-10H2,1-2H3,(H,15,17). The molecule has 118 valence electrons. The van der Waals surface area contributed by atoms with Crippen LogP contribution in [0.5, 0.6) is 0 Å². The molecule has 0 radical (unpaired) electrons. The van der Waals surface area contributed by atoms with Crippen LogP contribution in [-0.2, 0) is 14.8 Å². The van der Waals surface area contributed by atoms with E-state index >= 15 is 0 Å². The Balaban J connectivity index is 2.16. The van der Waals surface area contributed by atoms with Crippen molar-refractivity contribution >= 4 is 15.9 Å². The van der Waals surface area contributed by atoms with Crippen LogP contribution < -0.4 is 15.4 Å². The van der Waals surface area contributed by atoms with E-state index in [1.54, 1.807) is 6.92 Å². The van der Waals surface area contributed by atoms with E-state index in [9.17, 15) is 13.2 Å². The number of piperidine rings is 1. The summed E-state index contributed by atoms with van der Waals surface area (Å²) in [5, 5.41) is 6.12. The minimum Gasteiger partial charge on any atom is -0.355 e. The Morgan fingerprint density at radius 3 is 2.75 bits per heavy atom. The largest absolute Gasteiger partial charge is 0.355 e. The summed E-state index contributed by atoms with van der Waals surface area (Å²) in [5.74, 6) is 0.981. The van der Waals surface area contributed by atoms with Gasteiger partial charge < -0.3 is 10.6 Å². The summed E-state index contributed by atoms with van der Waals surface area (Å²) in [6.07, 6.45) is 2.86. The molecule has 0 aliphatic carbocycles. The van der Waals surface area contributed by atoms with E-state index in [2.05, 4.69) is 22.3 Å². The molecule has 2 unspecified atom stereocenters. The topological polar surface area (TPSA) is 87.3 Å². The molecule has 3 N–H and O–H groups in total. The second kappa shape index (κ2) is 8.59. The fourth-order valence-electron chi connectivity index (χ4n) is 2.41. The highest BCUT2D eigenvalue weighted by Gasteiger charge is 2.21. The fourth-order valence-corrected chi connectivity index (χ4v) is 3.02. The molecule has 2 atom stereocenters. The number of amides is 1. The van der Waals surface area contributed by atoms with Gasteiger partial charge in [-0.1, -0.05) is 6.92 Å². The molecule has 1 aliphatic rings. The molecular weight excluding hydrogens is 278 g/mol. The van der Waals surface area contributed by atoms with Crippen molar-refractivity contribution in [1.82, 2.24) is 15.4 Å². The molecule has 0 aromatic carbocycles. The summed E-state index contributed by atoms with van der Waals surface area (Å²) in [4.78, 5) is 11.8. The van der Waals surface area contributed by atoms with Crippen LogP contribution in [0.25, 0.3) is 0 Å². The zero-order valence-electron chi connectivity index (χ0n) is 12.4. The molecule has 0 saturated carbocycles. The summed E-state index contributed by atoms with van der Waals surface area (Å²) in [5.41, 5.74) is 0. The van der Waals surface area contributed by atoms with Crippen LogP contribution in [0, 0.1) is 11.8 Å². The Kier molecular flexibility index (Phi) is 7.47. The first kappa shape index (κ1) is 17.4. The maximum atomic E-state index is 11.8. The lowest BCUT2D eigenvalue weighted by atomic mass is 9.85. The van der Waals surface area contributed by atoms with Gasteiger partial charge in [0.15, 0.2) is 0 Å². The predicted octanol–water partition coefficient (Wildman–Crippen LogP) is 0.0677. The molecular formula is C13H27N3O3S. The SMILES string of the molecule is CCS(=O)(=O)NCCNC(=O)CC(C)C1CCCNC1. The molecule has 20 heavy (non-hydrogen) atoms. The zero-order chi connectivity index (χ0) is 15.0. The van der Waals surface area contributed by atoms with Crippen molar-refractivity contribution < 1.29 is 13.2 Å². The maximum Gasteiger partial charge on any atom is 0.220 e. The van der Waals surface area contributed by atoms with Gasteiger partial charge in [0.05, 0.1) is 5.75 Å². The quantitative estimate of drug-likeness (QED) is 0.554. The van der Waals surface area contributed by atoms with Crippen molar-refractivity contribution in [1.29, 1.82) is 0 Å². The molecule has 0 aromatic heterocycles. The van der Waals surface area contributed by atoms with Crippen molar-refractivity contribution in [3.8, 4) is 0 Å². The predicted molar refractivity (Wildman–Crippen MR) is 79.8 cm³/mol. The van der Waals surface area contributed by atoms with Gasteiger partial charge in [-0.05, 0) is 44.7 Å². The lowest BCUT2D eigenvalue weighted by molar-refractivity contribution is -0.122. The monoisotopic (exact) mass is 305 g/mol. The number of hydrogen-bond acceptors (Lipinski definition) is 4. The van der Waals surface area contributed by atoms with Crippen LogP contribution in [0.2, 0.25) is 0 Å². The first-order valence-electron chi connectivity index (χ1n) is 7.39. The second-order valence-electron chi connectivity index (χ2n) is 5.44. The highest BCUT2D eigenvalue weighted by molar-refractivity contribution is 7.89. The molecule has 1 amide bonds. The van der Waals surface area contributed by atoms with E-state index in [4.69, 9.17) is 0 Å². The van der Waals surface area contributed by atoms with Gasteiger partial charge in [0.1, 0.15) is 0 Å². The van der Waals surface area contributed by atoms with Crippen molar-refractivity contribution in [2.24, 2.45) is 11.8 Å². The summed E-state index contributed by atoms with van der Waals surface area (Å²) < 4.78 is 24.8. The molecule has 1 saturated heterocycles. The third-order valence-corrected chi connectivity index (χ3v) is 5.20. The van der Waals surface area contributed by atoms with Crippen molar-refractivity contribution in [3.05, 3.63) is 0 Å². The highest BCUT2D eigenvalue weighted by Crippen LogP contribution is 2.22.